The molecule has 1 unspecified atom stereocenters. The summed E-state index contributed by atoms with van der Waals surface area (Å²) in [6, 6.07) is 5.19. The first-order valence-corrected chi connectivity index (χ1v) is 10.3. The van der Waals surface area contributed by atoms with Crippen LogP contribution in [0.25, 0.3) is 0 Å². The molecular formula is C17H26O4Si. The molecule has 0 saturated carbocycles. The van der Waals surface area contributed by atoms with Crippen molar-refractivity contribution in [1.82, 2.24) is 0 Å². The number of rotatable bonds is 5. The summed E-state index contributed by atoms with van der Waals surface area (Å²) in [5.74, 6) is 0.955. The molecule has 1 aromatic rings. The molecule has 1 heterocycles. The maximum atomic E-state index is 6.51. The van der Waals surface area contributed by atoms with Gasteiger partial charge < -0.3 is 18.0 Å². The molecule has 1 aliphatic heterocycles. The maximum Gasteiger partial charge on any atom is 0.501 e. The molecule has 2 aliphatic rings. The molecule has 3 rings (SSSR count). The molecule has 0 spiro atoms. The minimum absolute atomic E-state index is 0.122. The third-order valence-corrected chi connectivity index (χ3v) is 7.51. The second-order valence-corrected chi connectivity index (χ2v) is 8.59. The van der Waals surface area contributed by atoms with Crippen LogP contribution in [-0.2, 0) is 26.1 Å². The Morgan fingerprint density at radius 2 is 1.82 bits per heavy atom. The third kappa shape index (κ3) is 2.95. The van der Waals surface area contributed by atoms with E-state index in [1.165, 1.54) is 16.7 Å². The highest BCUT2D eigenvalue weighted by molar-refractivity contribution is 6.60. The van der Waals surface area contributed by atoms with Crippen LogP contribution in [0.2, 0.25) is 6.04 Å². The van der Waals surface area contributed by atoms with E-state index in [1.54, 1.807) is 7.11 Å². The van der Waals surface area contributed by atoms with Gasteiger partial charge >= 0.3 is 8.80 Å². The fraction of sp³-hybridized carbons (Fsp3) is 0.647. The molecule has 22 heavy (non-hydrogen) atoms. The summed E-state index contributed by atoms with van der Waals surface area (Å²) in [5.41, 5.74) is 4.11. The van der Waals surface area contributed by atoms with Crippen molar-refractivity contribution < 1.29 is 18.0 Å². The van der Waals surface area contributed by atoms with Gasteiger partial charge in [-0.1, -0.05) is 0 Å². The van der Waals surface area contributed by atoms with Gasteiger partial charge in [0.1, 0.15) is 5.75 Å². The van der Waals surface area contributed by atoms with Gasteiger partial charge in [-0.2, -0.15) is 0 Å². The van der Waals surface area contributed by atoms with Crippen LogP contribution >= 0.6 is 0 Å². The van der Waals surface area contributed by atoms with Gasteiger partial charge in [0.2, 0.25) is 0 Å². The van der Waals surface area contributed by atoms with Crippen LogP contribution in [-0.4, -0.2) is 29.1 Å². The summed E-state index contributed by atoms with van der Waals surface area (Å²) >= 11 is 0. The Balaban J connectivity index is 1.99. The summed E-state index contributed by atoms with van der Waals surface area (Å²) in [7, 11) is -0.835. The fourth-order valence-corrected chi connectivity index (χ4v) is 6.44. The molecule has 0 aromatic heterocycles. The van der Waals surface area contributed by atoms with Gasteiger partial charge in [0.25, 0.3) is 0 Å². The maximum absolute atomic E-state index is 6.51. The topological polar surface area (TPSA) is 36.9 Å². The first-order chi connectivity index (χ1) is 10.7. The van der Waals surface area contributed by atoms with E-state index in [0.29, 0.717) is 13.2 Å². The van der Waals surface area contributed by atoms with Crippen LogP contribution < -0.4 is 4.74 Å². The SMILES string of the molecule is CCO[Si]1(OCC)CCc2cc(OC)cc3c2C(CCC3)O1. The molecule has 5 heteroatoms. The van der Waals surface area contributed by atoms with E-state index in [-0.39, 0.29) is 6.10 Å². The van der Waals surface area contributed by atoms with Crippen LogP contribution in [0.1, 0.15) is 49.5 Å². The normalized spacial score (nSPS) is 22.8. The van der Waals surface area contributed by atoms with Crippen molar-refractivity contribution in [2.75, 3.05) is 20.3 Å². The molecule has 0 fully saturated rings. The van der Waals surface area contributed by atoms with E-state index in [0.717, 1.165) is 37.5 Å². The molecule has 0 N–H and O–H groups in total. The van der Waals surface area contributed by atoms with Crippen LogP contribution in [0, 0.1) is 0 Å². The van der Waals surface area contributed by atoms with E-state index in [4.69, 9.17) is 18.0 Å². The molecular weight excluding hydrogens is 296 g/mol. The molecule has 1 aliphatic carbocycles. The first-order valence-electron chi connectivity index (χ1n) is 8.36. The number of aryl methyl sites for hydroxylation is 2. The van der Waals surface area contributed by atoms with Crippen LogP contribution in [0.5, 0.6) is 5.75 Å². The van der Waals surface area contributed by atoms with Crippen molar-refractivity contribution >= 4 is 8.80 Å². The van der Waals surface area contributed by atoms with Crippen molar-refractivity contribution in [2.45, 2.75) is 51.7 Å². The molecule has 1 aromatic carbocycles. The molecule has 0 radical (unpaired) electrons. The Morgan fingerprint density at radius 3 is 2.45 bits per heavy atom. The fourth-order valence-electron chi connectivity index (χ4n) is 3.69. The summed E-state index contributed by atoms with van der Waals surface area (Å²) in [6.45, 7) is 5.33. The van der Waals surface area contributed by atoms with E-state index in [1.807, 2.05) is 13.8 Å². The number of ether oxygens (including phenoxy) is 1. The molecule has 122 valence electrons. The highest BCUT2D eigenvalue weighted by Gasteiger charge is 2.46. The van der Waals surface area contributed by atoms with Crippen molar-refractivity contribution in [3.8, 4) is 5.75 Å². The first kappa shape index (κ1) is 16.0. The lowest BCUT2D eigenvalue weighted by molar-refractivity contribution is 0.0282. The number of benzene rings is 1. The standard InChI is InChI=1S/C17H26O4Si/c1-4-19-22(20-5-2)10-9-14-12-15(18-3)11-13-7-6-8-16(21-22)17(13)14/h11-12,16H,4-10H2,1-3H3. The van der Waals surface area contributed by atoms with Gasteiger partial charge in [-0.25, -0.2) is 0 Å². The van der Waals surface area contributed by atoms with E-state index in [9.17, 15) is 0 Å². The Kier molecular flexibility index (Phi) is 4.87. The van der Waals surface area contributed by atoms with Crippen molar-refractivity contribution in [2.24, 2.45) is 0 Å². The van der Waals surface area contributed by atoms with Crippen molar-refractivity contribution in [3.05, 3.63) is 28.8 Å². The van der Waals surface area contributed by atoms with Crippen molar-refractivity contribution in [1.29, 1.82) is 0 Å². The summed E-state index contributed by atoms with van der Waals surface area (Å²) in [5, 5.41) is 0. The zero-order valence-corrected chi connectivity index (χ0v) is 14.8. The number of methoxy groups -OCH3 is 1. The van der Waals surface area contributed by atoms with Crippen LogP contribution in [0.15, 0.2) is 12.1 Å². The molecule has 0 bridgehead atoms. The van der Waals surface area contributed by atoms with Gasteiger partial charge in [0.05, 0.1) is 13.2 Å². The van der Waals surface area contributed by atoms with Crippen LogP contribution in [0.4, 0.5) is 0 Å². The van der Waals surface area contributed by atoms with Gasteiger partial charge in [-0.3, -0.25) is 0 Å². The zero-order valence-electron chi connectivity index (χ0n) is 13.8. The minimum atomic E-state index is -2.57. The Bertz CT molecular complexity index is 526. The van der Waals surface area contributed by atoms with E-state index < -0.39 is 8.80 Å². The second kappa shape index (κ2) is 6.70. The molecule has 4 nitrogen and oxygen atoms in total. The lowest BCUT2D eigenvalue weighted by atomic mass is 9.85. The largest absolute Gasteiger partial charge is 0.501 e. The monoisotopic (exact) mass is 322 g/mol. The average Bonchev–Trinajstić information content (AvgIpc) is 2.67. The summed E-state index contributed by atoms with van der Waals surface area (Å²) in [6.07, 6.45) is 4.38. The Hall–Kier alpha value is -0.883. The molecule has 0 amide bonds. The minimum Gasteiger partial charge on any atom is -0.497 e. The molecule has 1 atom stereocenters. The lowest BCUT2D eigenvalue weighted by Gasteiger charge is -2.33. The number of hydrogen-bond acceptors (Lipinski definition) is 4. The smallest absolute Gasteiger partial charge is 0.497 e. The highest BCUT2D eigenvalue weighted by Crippen LogP contribution is 2.43. The van der Waals surface area contributed by atoms with Gasteiger partial charge in [0, 0.05) is 19.3 Å². The second-order valence-electron chi connectivity index (χ2n) is 5.91. The molecule has 0 saturated heterocycles. The van der Waals surface area contributed by atoms with Crippen molar-refractivity contribution in [3.63, 3.8) is 0 Å². The van der Waals surface area contributed by atoms with E-state index in [2.05, 4.69) is 12.1 Å². The lowest BCUT2D eigenvalue weighted by Crippen LogP contribution is -2.46. The predicted octanol–water partition coefficient (Wildman–Crippen LogP) is 3.66. The Morgan fingerprint density at radius 1 is 1.14 bits per heavy atom. The predicted molar refractivity (Wildman–Crippen MR) is 87.3 cm³/mol. The third-order valence-electron chi connectivity index (χ3n) is 4.55. The quantitative estimate of drug-likeness (QED) is 0.775. The number of hydrogen-bond donors (Lipinski definition) is 0. The van der Waals surface area contributed by atoms with E-state index >= 15 is 0 Å². The van der Waals surface area contributed by atoms with Gasteiger partial charge in [-0.05, 0) is 68.4 Å². The van der Waals surface area contributed by atoms with Gasteiger partial charge in [-0.15, -0.1) is 0 Å². The van der Waals surface area contributed by atoms with Crippen LogP contribution in [0.3, 0.4) is 0 Å². The average molecular weight is 322 g/mol. The Labute approximate surface area is 134 Å². The summed E-state index contributed by atoms with van der Waals surface area (Å²) < 4.78 is 24.1. The zero-order chi connectivity index (χ0) is 15.6. The van der Waals surface area contributed by atoms with Gasteiger partial charge in [0.15, 0.2) is 0 Å². The summed E-state index contributed by atoms with van der Waals surface area (Å²) in [4.78, 5) is 0. The highest BCUT2D eigenvalue weighted by atomic mass is 28.4.